The van der Waals surface area contributed by atoms with E-state index in [9.17, 15) is 47.9 Å². The van der Waals surface area contributed by atoms with Gasteiger partial charge in [0.15, 0.2) is 5.78 Å². The Morgan fingerprint density at radius 3 is 2.60 bits per heavy atom. The maximum absolute atomic E-state index is 12.9. The van der Waals surface area contributed by atoms with Gasteiger partial charge in [-0.2, -0.15) is 0 Å². The molecule has 2 aromatic heterocycles. The van der Waals surface area contributed by atoms with Crippen LogP contribution in [0.2, 0.25) is 0 Å². The highest BCUT2D eigenvalue weighted by Crippen LogP contribution is 2.48. The molecule has 2 aliphatic rings. The number of nitrogens with two attached hydrogens (primary N) is 1. The molecular formula is C26H26N6O11S2. The molecule has 45 heavy (non-hydrogen) atoms. The number of carboxylic acid groups (broad SMARTS) is 1. The quantitative estimate of drug-likeness (QED) is 0.0613. The van der Waals surface area contributed by atoms with Crippen LogP contribution in [0.4, 0.5) is 5.69 Å². The third-order valence-electron chi connectivity index (χ3n) is 7.39. The van der Waals surface area contributed by atoms with Crippen LogP contribution in [0.25, 0.3) is 10.4 Å². The number of nitro groups is 1. The number of carbonyl (C=O) groups excluding carboxylic acids is 3. The zero-order chi connectivity index (χ0) is 32.8. The molecule has 1 saturated heterocycles. The van der Waals surface area contributed by atoms with Crippen molar-refractivity contribution < 1.29 is 47.5 Å². The Morgan fingerprint density at radius 1 is 1.29 bits per heavy atom. The molecule has 4 atom stereocenters. The minimum atomic E-state index is -4.24. The second-order valence-corrected chi connectivity index (χ2v) is 13.3. The first-order valence-corrected chi connectivity index (χ1v) is 15.8. The Balaban J connectivity index is 1.21. The highest BCUT2D eigenvalue weighted by Gasteiger charge is 2.57. The van der Waals surface area contributed by atoms with Crippen LogP contribution < -0.4 is 10.5 Å². The lowest BCUT2D eigenvalue weighted by Gasteiger charge is -2.44. The summed E-state index contributed by atoms with van der Waals surface area (Å²) in [5.74, 6) is -5.15. The van der Waals surface area contributed by atoms with Crippen LogP contribution in [-0.4, -0.2) is 92.0 Å². The van der Waals surface area contributed by atoms with E-state index >= 15 is 0 Å². The second-order valence-electron chi connectivity index (χ2n) is 10.4. The molecule has 1 aromatic carbocycles. The van der Waals surface area contributed by atoms with Crippen molar-refractivity contribution in [2.45, 2.75) is 38.1 Å². The standard InChI is InChI=1S/C26H26N6O11S2/c1-12(33)20-17-6-15(22(25(36)37)31(17)23(20)35)19-8-30-11-28-21(24(30)44-19)18(34)7-29-45(41,42)10-16(27)26(38)43-9-13-2-4-14(5-3-13)32(39)40/h2-5,8,11-12,16-17,20,29,33H,6-7,9-10,27H2,1H3,(H,36,37)/t12-,16?,17-,20-/m1/s1. The first-order valence-electron chi connectivity index (χ1n) is 13.3. The molecule has 0 radical (unpaired) electrons. The normalized spacial score (nSPS) is 19.3. The molecule has 0 aliphatic carbocycles. The number of nitrogens with zero attached hydrogens (tertiary/aromatic N) is 4. The Kier molecular flexibility index (Phi) is 8.55. The Labute approximate surface area is 258 Å². The number of ether oxygens (including phenoxy) is 1. The number of Topliss-reactive ketones (excluding diaryl/α,β-unsaturated/α-hetero) is 1. The van der Waals surface area contributed by atoms with Gasteiger partial charge in [-0.15, -0.1) is 11.3 Å². The number of nitrogens with one attached hydrogen (secondary N) is 1. The van der Waals surface area contributed by atoms with Gasteiger partial charge >= 0.3 is 11.9 Å². The van der Waals surface area contributed by atoms with Crippen molar-refractivity contribution in [3.05, 3.63) is 68.7 Å². The number of rotatable bonds is 13. The number of ketones is 1. The Hall–Kier alpha value is -4.56. The smallest absolute Gasteiger partial charge is 0.352 e. The van der Waals surface area contributed by atoms with Crippen LogP contribution >= 0.6 is 11.3 Å². The Bertz CT molecular complexity index is 1860. The molecule has 5 rings (SSSR count). The number of aliphatic hydroxyl groups excluding tert-OH is 1. The monoisotopic (exact) mass is 662 g/mol. The zero-order valence-electron chi connectivity index (χ0n) is 23.4. The number of benzene rings is 1. The molecule has 238 valence electrons. The van der Waals surface area contributed by atoms with Gasteiger partial charge < -0.3 is 25.6 Å². The maximum atomic E-state index is 12.9. The fourth-order valence-electron chi connectivity index (χ4n) is 5.22. The predicted molar refractivity (Wildman–Crippen MR) is 155 cm³/mol. The molecule has 0 spiro atoms. The number of fused-ring (bicyclic) bond motifs is 2. The van der Waals surface area contributed by atoms with Crippen molar-refractivity contribution in [2.75, 3.05) is 12.3 Å². The molecular weight excluding hydrogens is 636 g/mol. The third-order valence-corrected chi connectivity index (χ3v) is 9.94. The van der Waals surface area contributed by atoms with Gasteiger partial charge in [0.05, 0.1) is 40.2 Å². The number of aliphatic hydroxyl groups is 1. The number of hydrogen-bond donors (Lipinski definition) is 4. The first kappa shape index (κ1) is 31.9. The van der Waals surface area contributed by atoms with Crippen LogP contribution in [0.15, 0.2) is 42.5 Å². The molecule has 1 unspecified atom stereocenters. The maximum Gasteiger partial charge on any atom is 0.352 e. The molecule has 0 bridgehead atoms. The highest BCUT2D eigenvalue weighted by molar-refractivity contribution is 7.89. The fourth-order valence-corrected chi connectivity index (χ4v) is 7.44. The lowest BCUT2D eigenvalue weighted by atomic mass is 9.83. The number of imidazole rings is 1. The van der Waals surface area contributed by atoms with Gasteiger partial charge in [0.25, 0.3) is 5.69 Å². The number of thiazole rings is 1. The van der Waals surface area contributed by atoms with Crippen molar-refractivity contribution in [3.8, 4) is 0 Å². The number of β-lactam (4-membered cyclic amide) rings is 1. The van der Waals surface area contributed by atoms with Crippen LogP contribution in [-0.2, 0) is 35.8 Å². The fraction of sp³-hybridized carbons (Fsp3) is 0.346. The van der Waals surface area contributed by atoms with Crippen molar-refractivity contribution in [3.63, 3.8) is 0 Å². The van der Waals surface area contributed by atoms with E-state index in [2.05, 4.69) is 9.71 Å². The van der Waals surface area contributed by atoms with E-state index in [0.717, 1.165) is 11.3 Å². The number of esters is 1. The predicted octanol–water partition coefficient (Wildman–Crippen LogP) is -0.116. The van der Waals surface area contributed by atoms with Gasteiger partial charge in [-0.3, -0.25) is 28.9 Å². The number of aromatic nitrogens is 2. The van der Waals surface area contributed by atoms with E-state index in [0.29, 0.717) is 20.8 Å². The first-order chi connectivity index (χ1) is 21.2. The minimum absolute atomic E-state index is 0.0857. The highest BCUT2D eigenvalue weighted by atomic mass is 32.2. The van der Waals surface area contributed by atoms with Gasteiger partial charge in [0.2, 0.25) is 15.9 Å². The minimum Gasteiger partial charge on any atom is -0.477 e. The van der Waals surface area contributed by atoms with Gasteiger partial charge in [0, 0.05) is 23.9 Å². The van der Waals surface area contributed by atoms with E-state index in [1.54, 1.807) is 6.20 Å². The van der Waals surface area contributed by atoms with E-state index in [4.69, 9.17) is 10.5 Å². The van der Waals surface area contributed by atoms with Crippen molar-refractivity contribution >= 4 is 61.1 Å². The zero-order valence-corrected chi connectivity index (χ0v) is 25.0. The molecule has 1 amide bonds. The number of hydrogen-bond acceptors (Lipinski definition) is 13. The van der Waals surface area contributed by atoms with Crippen molar-refractivity contribution in [1.29, 1.82) is 0 Å². The summed E-state index contributed by atoms with van der Waals surface area (Å²) in [5.41, 5.74) is 6.04. The molecule has 2 aliphatic heterocycles. The number of sulfonamides is 1. The molecule has 0 saturated carbocycles. The summed E-state index contributed by atoms with van der Waals surface area (Å²) in [7, 11) is -4.24. The number of aliphatic carboxylic acids is 1. The number of amides is 1. The Morgan fingerprint density at radius 2 is 1.98 bits per heavy atom. The topological polar surface area (TPSA) is 254 Å². The summed E-state index contributed by atoms with van der Waals surface area (Å²) in [5, 5.41) is 30.5. The van der Waals surface area contributed by atoms with Crippen molar-refractivity contribution in [1.82, 2.24) is 19.0 Å². The van der Waals surface area contributed by atoms with E-state index in [-0.39, 0.29) is 30.1 Å². The molecule has 17 nitrogen and oxygen atoms in total. The van der Waals surface area contributed by atoms with Crippen LogP contribution in [0.3, 0.4) is 0 Å². The summed E-state index contributed by atoms with van der Waals surface area (Å²) in [6, 6.07) is 3.08. The summed E-state index contributed by atoms with van der Waals surface area (Å²) in [6.45, 7) is 0.461. The molecule has 4 heterocycles. The lowest BCUT2D eigenvalue weighted by molar-refractivity contribution is -0.384. The number of carboxylic acids is 1. The summed E-state index contributed by atoms with van der Waals surface area (Å²) >= 11 is 1.04. The summed E-state index contributed by atoms with van der Waals surface area (Å²) < 4.78 is 33.7. The summed E-state index contributed by atoms with van der Waals surface area (Å²) in [4.78, 5) is 65.9. The SMILES string of the molecule is C[C@@H](O)[C@H]1C(=O)N2C(C(=O)O)=C(c3cn4cnc(C(=O)CNS(=O)(=O)CC(N)C(=O)OCc5ccc([N+](=O)[O-])cc5)c4s3)C[C@H]12. The lowest BCUT2D eigenvalue weighted by Crippen LogP contribution is -2.61. The van der Waals surface area contributed by atoms with Gasteiger partial charge in [-0.1, -0.05) is 0 Å². The second kappa shape index (κ2) is 12.1. The third kappa shape index (κ3) is 6.20. The average molecular weight is 663 g/mol. The number of nitro benzene ring substituents is 1. The number of non-ortho nitro benzene ring substituents is 1. The van der Waals surface area contributed by atoms with Gasteiger partial charge in [-0.05, 0) is 31.0 Å². The van der Waals surface area contributed by atoms with Crippen LogP contribution in [0, 0.1) is 16.0 Å². The van der Waals surface area contributed by atoms with E-state index in [1.165, 1.54) is 46.8 Å². The van der Waals surface area contributed by atoms with Crippen molar-refractivity contribution in [2.24, 2.45) is 11.7 Å². The van der Waals surface area contributed by atoms with Crippen LogP contribution in [0.5, 0.6) is 0 Å². The molecule has 5 N–H and O–H groups in total. The number of carbonyl (C=O) groups is 4. The van der Waals surface area contributed by atoms with Gasteiger partial charge in [-0.25, -0.2) is 22.9 Å². The van der Waals surface area contributed by atoms with Crippen LogP contribution in [0.1, 0.15) is 34.3 Å². The van der Waals surface area contributed by atoms with Gasteiger partial charge in [0.1, 0.15) is 35.2 Å². The molecule has 19 heteroatoms. The van der Waals surface area contributed by atoms with E-state index < -0.39 is 75.0 Å². The summed E-state index contributed by atoms with van der Waals surface area (Å²) in [6.07, 6.45) is 2.11. The molecule has 3 aromatic rings. The van der Waals surface area contributed by atoms with E-state index in [1.807, 2.05) is 0 Å². The molecule has 1 fully saturated rings. The largest absolute Gasteiger partial charge is 0.477 e. The average Bonchev–Trinajstić information content (AvgIpc) is 3.65.